The summed E-state index contributed by atoms with van der Waals surface area (Å²) in [6.45, 7) is 3.73. The van der Waals surface area contributed by atoms with Gasteiger partial charge in [-0.3, -0.25) is 9.59 Å². The largest absolute Gasteiger partial charge is 0.480 e. The Morgan fingerprint density at radius 1 is 1.15 bits per heavy atom. The van der Waals surface area contributed by atoms with Crippen LogP contribution in [0.15, 0.2) is 47.5 Å². The summed E-state index contributed by atoms with van der Waals surface area (Å²) < 4.78 is 2.37. The number of carboxylic acids is 1. The number of thiazole rings is 1. The van der Waals surface area contributed by atoms with Gasteiger partial charge in [0.1, 0.15) is 6.04 Å². The zero-order valence-electron chi connectivity index (χ0n) is 18.7. The molecule has 2 amide bonds. The van der Waals surface area contributed by atoms with Crippen molar-refractivity contribution in [3.63, 3.8) is 0 Å². The predicted octanol–water partition coefficient (Wildman–Crippen LogP) is 4.92. The molecule has 1 fully saturated rings. The van der Waals surface area contributed by atoms with Crippen LogP contribution in [0.1, 0.15) is 61.0 Å². The molecule has 1 aliphatic rings. The Morgan fingerprint density at radius 3 is 2.48 bits per heavy atom. The van der Waals surface area contributed by atoms with Crippen molar-refractivity contribution in [2.45, 2.75) is 52.0 Å². The van der Waals surface area contributed by atoms with Gasteiger partial charge in [0.2, 0.25) is 5.91 Å². The number of aromatic nitrogens is 1. The maximum absolute atomic E-state index is 12.8. The van der Waals surface area contributed by atoms with E-state index in [0.717, 1.165) is 35.9 Å². The molecule has 1 saturated carbocycles. The van der Waals surface area contributed by atoms with Gasteiger partial charge in [0, 0.05) is 17.2 Å². The van der Waals surface area contributed by atoms with Crippen molar-refractivity contribution in [1.82, 2.24) is 4.57 Å². The van der Waals surface area contributed by atoms with Crippen LogP contribution in [0.3, 0.4) is 0 Å². The van der Waals surface area contributed by atoms with Gasteiger partial charge in [0.15, 0.2) is 4.80 Å². The van der Waals surface area contributed by atoms with E-state index in [9.17, 15) is 19.5 Å². The fraction of sp³-hybridized carbons (Fsp3) is 0.360. The van der Waals surface area contributed by atoms with Gasteiger partial charge >= 0.3 is 5.97 Å². The highest BCUT2D eigenvalue weighted by molar-refractivity contribution is 7.16. The van der Waals surface area contributed by atoms with Gasteiger partial charge in [0.05, 0.1) is 10.2 Å². The van der Waals surface area contributed by atoms with Gasteiger partial charge in [0.25, 0.3) is 5.91 Å². The number of rotatable bonds is 6. The molecule has 0 radical (unpaired) electrons. The summed E-state index contributed by atoms with van der Waals surface area (Å²) in [5, 5.41) is 12.8. The zero-order valence-corrected chi connectivity index (χ0v) is 19.5. The molecule has 2 N–H and O–H groups in total. The molecular weight excluding hydrogens is 438 g/mol. The zero-order chi connectivity index (χ0) is 23.5. The summed E-state index contributed by atoms with van der Waals surface area (Å²) in [6.07, 6.45) is 4.32. The maximum Gasteiger partial charge on any atom is 0.326 e. The summed E-state index contributed by atoms with van der Waals surface area (Å²) in [5.41, 5.74) is 2.81. The molecule has 0 bridgehead atoms. The van der Waals surface area contributed by atoms with Crippen molar-refractivity contribution < 1.29 is 19.5 Å². The Morgan fingerprint density at radius 2 is 1.85 bits per heavy atom. The molecule has 1 aliphatic carbocycles. The van der Waals surface area contributed by atoms with Crippen molar-refractivity contribution in [2.24, 2.45) is 10.9 Å². The monoisotopic (exact) mass is 465 g/mol. The normalized spacial score (nSPS) is 15.6. The molecule has 33 heavy (non-hydrogen) atoms. The average Bonchev–Trinajstić information content (AvgIpc) is 3.43. The Kier molecular flexibility index (Phi) is 6.74. The van der Waals surface area contributed by atoms with E-state index in [1.165, 1.54) is 11.3 Å². The van der Waals surface area contributed by atoms with E-state index in [-0.39, 0.29) is 11.8 Å². The van der Waals surface area contributed by atoms with Gasteiger partial charge in [-0.15, -0.1) is 0 Å². The van der Waals surface area contributed by atoms with E-state index < -0.39 is 17.9 Å². The average molecular weight is 466 g/mol. The second-order valence-electron chi connectivity index (χ2n) is 8.45. The highest BCUT2D eigenvalue weighted by Crippen LogP contribution is 2.29. The van der Waals surface area contributed by atoms with E-state index in [1.54, 1.807) is 35.8 Å². The maximum atomic E-state index is 12.8. The van der Waals surface area contributed by atoms with Crippen LogP contribution in [0, 0.1) is 12.8 Å². The summed E-state index contributed by atoms with van der Waals surface area (Å²) in [5.74, 6) is -1.35. The number of nitrogens with one attached hydrogen (secondary N) is 1. The van der Waals surface area contributed by atoms with Gasteiger partial charge in [-0.05, 0) is 56.5 Å². The van der Waals surface area contributed by atoms with Crippen molar-refractivity contribution in [3.05, 3.63) is 58.4 Å². The number of hydrogen-bond acceptors (Lipinski definition) is 4. The Balaban J connectivity index is 1.76. The minimum Gasteiger partial charge on any atom is -0.480 e. The highest BCUT2D eigenvalue weighted by Gasteiger charge is 2.24. The lowest BCUT2D eigenvalue weighted by Crippen LogP contribution is -2.27. The molecule has 4 rings (SSSR count). The number of carboxylic acid groups (broad SMARTS) is 1. The minimum atomic E-state index is -0.986. The van der Waals surface area contributed by atoms with Crippen LogP contribution in [0.2, 0.25) is 0 Å². The summed E-state index contributed by atoms with van der Waals surface area (Å²) >= 11 is 1.25. The third kappa shape index (κ3) is 4.90. The number of nitrogens with zero attached hydrogens (tertiary/aromatic N) is 2. The summed E-state index contributed by atoms with van der Waals surface area (Å²) in [6, 6.07) is 11.6. The van der Waals surface area contributed by atoms with E-state index in [1.807, 2.05) is 25.1 Å². The molecule has 0 spiro atoms. The molecule has 0 saturated heterocycles. The number of hydrogen-bond donors (Lipinski definition) is 2. The molecule has 1 unspecified atom stereocenters. The fourth-order valence-corrected chi connectivity index (χ4v) is 5.35. The number of amides is 2. The van der Waals surface area contributed by atoms with Crippen molar-refractivity contribution in [3.8, 4) is 0 Å². The van der Waals surface area contributed by atoms with Crippen LogP contribution in [0.4, 0.5) is 5.69 Å². The van der Waals surface area contributed by atoms with Crippen LogP contribution in [-0.2, 0) is 9.59 Å². The molecule has 0 aliphatic heterocycles. The number of fused-ring (bicyclic) bond motifs is 1. The van der Waals surface area contributed by atoms with E-state index in [0.29, 0.717) is 28.0 Å². The molecular formula is C25H27N3O4S. The molecule has 1 atom stereocenters. The minimum absolute atomic E-state index is 0.0210. The quantitative estimate of drug-likeness (QED) is 0.540. The number of aryl methyl sites for hydroxylation is 1. The topological polar surface area (TPSA) is 101 Å². The summed E-state index contributed by atoms with van der Waals surface area (Å²) in [7, 11) is 0. The van der Waals surface area contributed by atoms with Gasteiger partial charge in [-0.25, -0.2) is 4.79 Å². The van der Waals surface area contributed by atoms with Crippen LogP contribution in [0.25, 0.3) is 10.2 Å². The number of aliphatic carboxylic acids is 1. The molecule has 2 aromatic carbocycles. The van der Waals surface area contributed by atoms with Crippen molar-refractivity contribution in [2.75, 3.05) is 5.32 Å². The molecule has 1 aromatic heterocycles. The highest BCUT2D eigenvalue weighted by atomic mass is 32.1. The second kappa shape index (κ2) is 9.70. The van der Waals surface area contributed by atoms with Gasteiger partial charge in [-0.2, -0.15) is 4.99 Å². The second-order valence-corrected chi connectivity index (χ2v) is 9.46. The Hall–Kier alpha value is -3.26. The smallest absolute Gasteiger partial charge is 0.326 e. The third-order valence-electron chi connectivity index (χ3n) is 6.10. The molecule has 172 valence electrons. The summed E-state index contributed by atoms with van der Waals surface area (Å²) in [4.78, 5) is 41.9. The van der Waals surface area contributed by atoms with Crippen LogP contribution >= 0.6 is 11.3 Å². The number of benzene rings is 2. The number of carbonyl (C=O) groups excluding carboxylic acids is 2. The van der Waals surface area contributed by atoms with Crippen molar-refractivity contribution in [1.29, 1.82) is 0 Å². The molecule has 1 heterocycles. The predicted molar refractivity (Wildman–Crippen MR) is 128 cm³/mol. The SMILES string of the molecule is CCC(C(=O)O)n1c(=NC(=O)c2ccc(C)cc2)sc2cc(NC(=O)C3CCCC3)ccc21. The Bertz CT molecular complexity index is 1270. The number of anilines is 1. The van der Waals surface area contributed by atoms with E-state index in [2.05, 4.69) is 10.3 Å². The first-order valence-corrected chi connectivity index (χ1v) is 12.0. The molecule has 3 aromatic rings. The molecule has 8 heteroatoms. The third-order valence-corrected chi connectivity index (χ3v) is 7.12. The lowest BCUT2D eigenvalue weighted by molar-refractivity contribution is -0.141. The van der Waals surface area contributed by atoms with Crippen molar-refractivity contribution >= 4 is 45.0 Å². The van der Waals surface area contributed by atoms with E-state index >= 15 is 0 Å². The van der Waals surface area contributed by atoms with Crippen LogP contribution in [0.5, 0.6) is 0 Å². The molecule has 7 nitrogen and oxygen atoms in total. The first kappa shape index (κ1) is 22.9. The lowest BCUT2D eigenvalue weighted by Gasteiger charge is -2.14. The standard InChI is InChI=1S/C25H27N3O4S/c1-3-19(24(31)32)28-20-13-12-18(26-22(29)16-6-4-5-7-16)14-21(20)33-25(28)27-23(30)17-10-8-15(2)9-11-17/h8-14,16,19H,3-7H2,1-2H3,(H,26,29)(H,31,32). The van der Waals surface area contributed by atoms with Gasteiger partial charge in [-0.1, -0.05) is 48.8 Å². The van der Waals surface area contributed by atoms with Crippen LogP contribution in [-0.4, -0.2) is 27.5 Å². The van der Waals surface area contributed by atoms with E-state index in [4.69, 9.17) is 0 Å². The van der Waals surface area contributed by atoms with Gasteiger partial charge < -0.3 is 15.0 Å². The lowest BCUT2D eigenvalue weighted by atomic mass is 10.1. The Labute approximate surface area is 195 Å². The fourth-order valence-electron chi connectivity index (χ4n) is 4.25. The first-order valence-electron chi connectivity index (χ1n) is 11.2. The first-order chi connectivity index (χ1) is 15.9. The van der Waals surface area contributed by atoms with Crippen LogP contribution < -0.4 is 10.1 Å². The number of carbonyl (C=O) groups is 3.